The van der Waals surface area contributed by atoms with Gasteiger partial charge in [0.15, 0.2) is 5.96 Å². The molecule has 2 aromatic rings. The van der Waals surface area contributed by atoms with E-state index in [9.17, 15) is 4.79 Å². The number of halogens is 1. The van der Waals surface area contributed by atoms with Crippen LogP contribution in [-0.2, 0) is 11.3 Å². The Balaban J connectivity index is 0.00000338. The van der Waals surface area contributed by atoms with E-state index in [1.807, 2.05) is 63.1 Å². The van der Waals surface area contributed by atoms with Gasteiger partial charge in [0, 0.05) is 32.6 Å². The third-order valence-corrected chi connectivity index (χ3v) is 4.08. The van der Waals surface area contributed by atoms with Crippen LogP contribution in [0.2, 0.25) is 0 Å². The summed E-state index contributed by atoms with van der Waals surface area (Å²) in [5.41, 5.74) is 0.359. The summed E-state index contributed by atoms with van der Waals surface area (Å²) in [5.74, 6) is 1.62. The highest BCUT2D eigenvalue weighted by Gasteiger charge is 2.27. The number of nitrogens with one attached hydrogen (secondary N) is 2. The molecular weight excluding hydrogens is 443 g/mol. The maximum absolute atomic E-state index is 12.1. The quantitative estimate of drug-likeness (QED) is 0.385. The zero-order valence-electron chi connectivity index (χ0n) is 16.1. The van der Waals surface area contributed by atoms with Gasteiger partial charge in [0.1, 0.15) is 11.3 Å². The molecule has 1 amide bonds. The minimum absolute atomic E-state index is 0. The van der Waals surface area contributed by atoms with E-state index in [1.54, 1.807) is 7.05 Å². The normalized spacial score (nSPS) is 11.8. The highest BCUT2D eigenvalue weighted by molar-refractivity contribution is 14.0. The number of guanidine groups is 1. The van der Waals surface area contributed by atoms with Crippen molar-refractivity contribution in [2.45, 2.75) is 27.3 Å². The van der Waals surface area contributed by atoms with Crippen molar-refractivity contribution >= 4 is 46.8 Å². The SMILES string of the molecule is CCNC(=O)C(C)(C)CNC(=NC)N(C)Cc1cc2ccccc2o1.I. The molecule has 0 saturated carbocycles. The molecule has 0 bridgehead atoms. The fourth-order valence-electron chi connectivity index (χ4n) is 2.59. The molecule has 0 radical (unpaired) electrons. The van der Waals surface area contributed by atoms with Crippen molar-refractivity contribution in [1.82, 2.24) is 15.5 Å². The number of furan rings is 1. The predicted octanol–water partition coefficient (Wildman–Crippen LogP) is 3.22. The summed E-state index contributed by atoms with van der Waals surface area (Å²) < 4.78 is 5.86. The van der Waals surface area contributed by atoms with E-state index < -0.39 is 5.41 Å². The number of para-hydroxylation sites is 1. The van der Waals surface area contributed by atoms with Crippen LogP contribution >= 0.6 is 24.0 Å². The molecule has 2 N–H and O–H groups in total. The average Bonchev–Trinajstić information content (AvgIpc) is 2.97. The Kier molecular flexibility index (Phi) is 8.39. The standard InChI is InChI=1S/C19H28N4O2.HI/c1-6-21-17(24)19(2,3)13-22-18(20-4)23(5)12-15-11-14-9-7-8-10-16(14)25-15;/h7-11H,6,12-13H2,1-5H3,(H,20,22)(H,21,24);1H. The molecule has 2 rings (SSSR count). The Morgan fingerprint density at radius 3 is 2.58 bits per heavy atom. The maximum Gasteiger partial charge on any atom is 0.227 e. The molecule has 7 heteroatoms. The number of rotatable bonds is 6. The van der Waals surface area contributed by atoms with Gasteiger partial charge in [-0.15, -0.1) is 24.0 Å². The molecular formula is C19H29IN4O2. The van der Waals surface area contributed by atoms with Crippen LogP contribution in [0.5, 0.6) is 0 Å². The Labute approximate surface area is 172 Å². The molecule has 1 aromatic carbocycles. The first kappa shape index (κ1) is 22.3. The van der Waals surface area contributed by atoms with Gasteiger partial charge >= 0.3 is 0 Å². The number of aliphatic imine (C=N–C) groups is 1. The van der Waals surface area contributed by atoms with Crippen molar-refractivity contribution in [3.05, 3.63) is 36.1 Å². The smallest absolute Gasteiger partial charge is 0.227 e. The van der Waals surface area contributed by atoms with Crippen LogP contribution in [0.4, 0.5) is 0 Å². The molecule has 6 nitrogen and oxygen atoms in total. The zero-order valence-corrected chi connectivity index (χ0v) is 18.5. The molecule has 0 fully saturated rings. The van der Waals surface area contributed by atoms with E-state index in [1.165, 1.54) is 0 Å². The third kappa shape index (κ3) is 5.62. The monoisotopic (exact) mass is 472 g/mol. The van der Waals surface area contributed by atoms with Crippen molar-refractivity contribution in [1.29, 1.82) is 0 Å². The van der Waals surface area contributed by atoms with Gasteiger partial charge in [-0.3, -0.25) is 9.79 Å². The molecule has 0 saturated heterocycles. The third-order valence-electron chi connectivity index (χ3n) is 4.08. The zero-order chi connectivity index (χ0) is 18.4. The van der Waals surface area contributed by atoms with Crippen LogP contribution < -0.4 is 10.6 Å². The molecule has 0 aliphatic heterocycles. The molecule has 0 atom stereocenters. The summed E-state index contributed by atoms with van der Waals surface area (Å²) in [5, 5.41) is 7.23. The van der Waals surface area contributed by atoms with Gasteiger partial charge in [0.2, 0.25) is 5.91 Å². The van der Waals surface area contributed by atoms with Gasteiger partial charge in [0.25, 0.3) is 0 Å². The van der Waals surface area contributed by atoms with Crippen LogP contribution in [0.25, 0.3) is 11.0 Å². The van der Waals surface area contributed by atoms with Crippen molar-refractivity contribution in [3.8, 4) is 0 Å². The molecule has 26 heavy (non-hydrogen) atoms. The summed E-state index contributed by atoms with van der Waals surface area (Å²) in [7, 11) is 3.68. The van der Waals surface area contributed by atoms with Gasteiger partial charge in [-0.25, -0.2) is 0 Å². The number of benzene rings is 1. The maximum atomic E-state index is 12.1. The second-order valence-electron chi connectivity index (χ2n) is 6.75. The van der Waals surface area contributed by atoms with Crippen LogP contribution in [0, 0.1) is 5.41 Å². The first-order chi connectivity index (χ1) is 11.9. The number of amides is 1. The molecule has 0 aliphatic rings. The summed E-state index contributed by atoms with van der Waals surface area (Å²) in [6, 6.07) is 9.99. The largest absolute Gasteiger partial charge is 0.459 e. The van der Waals surface area contributed by atoms with Gasteiger partial charge in [0.05, 0.1) is 12.0 Å². The van der Waals surface area contributed by atoms with E-state index in [4.69, 9.17) is 4.42 Å². The van der Waals surface area contributed by atoms with Gasteiger partial charge in [-0.1, -0.05) is 18.2 Å². The fraction of sp³-hybridized carbons (Fsp3) is 0.474. The number of carbonyl (C=O) groups excluding carboxylic acids is 1. The van der Waals surface area contributed by atoms with Crippen LogP contribution in [0.3, 0.4) is 0 Å². The predicted molar refractivity (Wildman–Crippen MR) is 117 cm³/mol. The molecule has 1 heterocycles. The number of fused-ring (bicyclic) bond motifs is 1. The first-order valence-electron chi connectivity index (χ1n) is 8.55. The van der Waals surface area contributed by atoms with E-state index in [2.05, 4.69) is 15.6 Å². The van der Waals surface area contributed by atoms with Crippen molar-refractivity contribution in [3.63, 3.8) is 0 Å². The number of carbonyl (C=O) groups is 1. The average molecular weight is 472 g/mol. The summed E-state index contributed by atoms with van der Waals surface area (Å²) in [4.78, 5) is 18.4. The summed E-state index contributed by atoms with van der Waals surface area (Å²) >= 11 is 0. The topological polar surface area (TPSA) is 69.9 Å². The highest BCUT2D eigenvalue weighted by Crippen LogP contribution is 2.20. The minimum atomic E-state index is -0.522. The Morgan fingerprint density at radius 2 is 1.96 bits per heavy atom. The second-order valence-corrected chi connectivity index (χ2v) is 6.75. The van der Waals surface area contributed by atoms with Crippen molar-refractivity contribution < 1.29 is 9.21 Å². The van der Waals surface area contributed by atoms with Gasteiger partial charge in [-0.2, -0.15) is 0 Å². The molecule has 0 unspecified atom stereocenters. The number of nitrogens with zero attached hydrogens (tertiary/aromatic N) is 2. The molecule has 0 spiro atoms. The second kappa shape index (κ2) is 9.80. The Hall–Kier alpha value is -1.77. The first-order valence-corrected chi connectivity index (χ1v) is 8.55. The minimum Gasteiger partial charge on any atom is -0.459 e. The van der Waals surface area contributed by atoms with E-state index in [0.717, 1.165) is 22.7 Å². The number of hydrogen-bond acceptors (Lipinski definition) is 3. The van der Waals surface area contributed by atoms with E-state index in [0.29, 0.717) is 19.6 Å². The lowest BCUT2D eigenvalue weighted by Crippen LogP contribution is -2.48. The van der Waals surface area contributed by atoms with Crippen molar-refractivity contribution in [2.24, 2.45) is 10.4 Å². The summed E-state index contributed by atoms with van der Waals surface area (Å²) in [6.07, 6.45) is 0. The van der Waals surface area contributed by atoms with Crippen LogP contribution in [0.1, 0.15) is 26.5 Å². The van der Waals surface area contributed by atoms with Gasteiger partial charge < -0.3 is 20.0 Å². The Morgan fingerprint density at radius 1 is 1.27 bits per heavy atom. The lowest BCUT2D eigenvalue weighted by molar-refractivity contribution is -0.128. The van der Waals surface area contributed by atoms with Crippen molar-refractivity contribution in [2.75, 3.05) is 27.2 Å². The fourth-order valence-corrected chi connectivity index (χ4v) is 2.59. The lowest BCUT2D eigenvalue weighted by Gasteiger charge is -2.27. The van der Waals surface area contributed by atoms with Crippen LogP contribution in [0.15, 0.2) is 39.7 Å². The summed E-state index contributed by atoms with van der Waals surface area (Å²) in [6.45, 7) is 7.46. The molecule has 144 valence electrons. The van der Waals surface area contributed by atoms with E-state index >= 15 is 0 Å². The Bertz CT molecular complexity index is 722. The molecule has 1 aromatic heterocycles. The number of hydrogen-bond donors (Lipinski definition) is 2. The highest BCUT2D eigenvalue weighted by atomic mass is 127. The van der Waals surface area contributed by atoms with E-state index in [-0.39, 0.29) is 29.9 Å². The van der Waals surface area contributed by atoms with Crippen LogP contribution in [-0.4, -0.2) is 44.0 Å². The van der Waals surface area contributed by atoms with Gasteiger partial charge in [-0.05, 0) is 32.9 Å². The molecule has 0 aliphatic carbocycles. The lowest BCUT2D eigenvalue weighted by atomic mass is 9.92.